The number of amides is 5. The van der Waals surface area contributed by atoms with E-state index in [0.29, 0.717) is 86.0 Å². The number of fused-ring (bicyclic) bond motifs is 2. The molecule has 0 saturated carbocycles. The van der Waals surface area contributed by atoms with E-state index in [4.69, 9.17) is 20.1 Å². The highest BCUT2D eigenvalue weighted by Gasteiger charge is 2.45. The minimum atomic E-state index is -1.24. The number of hydrogen-bond acceptors (Lipinski definition) is 15. The third-order valence-corrected chi connectivity index (χ3v) is 9.01. The Kier molecular flexibility index (Phi) is 11.9. The summed E-state index contributed by atoms with van der Waals surface area (Å²) in [7, 11) is 0. The monoisotopic (exact) mass is 769 g/mol. The fourth-order valence-corrected chi connectivity index (χ4v) is 6.39. The standard InChI is InChI=1S/C37H43N11O8/c1-4-47-31-25(20-42-23(13-14-37(2,3)54)29(31)44-33(47)30-32(38)46-56-45-30)55-19-7-16-39-15-6-10-26(49)41-18-17-40-22-9-5-8-21-28(22)36(53)48(35(21)52)24-11-12-27(50)43-34(24)51/h5,8-9,20,24,39-40,54H,4,6-7,10-12,15-19H2,1-3H3,(H2,38,46)(H,41,49)(H,43,50,51). The number of piperidine rings is 1. The van der Waals surface area contributed by atoms with E-state index in [1.54, 1.807) is 32.2 Å². The lowest BCUT2D eigenvalue weighted by Crippen LogP contribution is -2.54. The molecule has 0 radical (unpaired) electrons. The molecule has 3 aromatic heterocycles. The van der Waals surface area contributed by atoms with Gasteiger partial charge in [0.05, 0.1) is 23.9 Å². The van der Waals surface area contributed by atoms with Crippen molar-refractivity contribution in [2.45, 2.75) is 71.1 Å². The Morgan fingerprint density at radius 1 is 1.12 bits per heavy atom. The third-order valence-electron chi connectivity index (χ3n) is 9.01. The van der Waals surface area contributed by atoms with Gasteiger partial charge in [-0.1, -0.05) is 12.0 Å². The van der Waals surface area contributed by atoms with Crippen molar-refractivity contribution < 1.29 is 38.4 Å². The van der Waals surface area contributed by atoms with E-state index in [1.807, 2.05) is 11.5 Å². The molecule has 294 valence electrons. The zero-order valence-electron chi connectivity index (χ0n) is 31.2. The lowest BCUT2D eigenvalue weighted by Gasteiger charge is -2.27. The topological polar surface area (TPSA) is 262 Å². The highest BCUT2D eigenvalue weighted by molar-refractivity contribution is 6.25. The summed E-state index contributed by atoms with van der Waals surface area (Å²) in [6, 6.07) is 3.77. The van der Waals surface area contributed by atoms with Crippen LogP contribution < -0.4 is 31.7 Å². The van der Waals surface area contributed by atoms with Gasteiger partial charge in [0.1, 0.15) is 28.4 Å². The first kappa shape index (κ1) is 39.3. The van der Waals surface area contributed by atoms with Gasteiger partial charge in [-0.25, -0.2) is 14.6 Å². The van der Waals surface area contributed by atoms with Crippen LogP contribution >= 0.6 is 0 Å². The van der Waals surface area contributed by atoms with Crippen LogP contribution in [0.4, 0.5) is 11.5 Å². The second-order valence-corrected chi connectivity index (χ2v) is 13.7. The average molecular weight is 770 g/mol. The van der Waals surface area contributed by atoms with Crippen molar-refractivity contribution >= 4 is 52.1 Å². The molecule has 0 spiro atoms. The maximum absolute atomic E-state index is 13.3. The maximum atomic E-state index is 13.3. The lowest BCUT2D eigenvalue weighted by molar-refractivity contribution is -0.136. The van der Waals surface area contributed by atoms with E-state index >= 15 is 0 Å². The first-order chi connectivity index (χ1) is 26.9. The zero-order valence-corrected chi connectivity index (χ0v) is 31.2. The van der Waals surface area contributed by atoms with E-state index in [2.05, 4.69) is 48.4 Å². The van der Waals surface area contributed by atoms with Crippen molar-refractivity contribution in [3.8, 4) is 29.1 Å². The highest BCUT2D eigenvalue weighted by Crippen LogP contribution is 2.34. The van der Waals surface area contributed by atoms with E-state index in [9.17, 15) is 29.1 Å². The molecule has 1 unspecified atom stereocenters. The predicted molar refractivity (Wildman–Crippen MR) is 201 cm³/mol. The Bertz CT molecular complexity index is 2230. The fraction of sp³-hybridized carbons (Fsp3) is 0.432. The molecule has 2 aliphatic heterocycles. The summed E-state index contributed by atoms with van der Waals surface area (Å²) in [5.74, 6) is 4.25. The van der Waals surface area contributed by atoms with Crippen LogP contribution in [-0.4, -0.2) is 109 Å². The number of aliphatic hydroxyl groups is 1. The van der Waals surface area contributed by atoms with Gasteiger partial charge in [-0.15, -0.1) is 0 Å². The number of anilines is 2. The number of aromatic nitrogens is 5. The quantitative estimate of drug-likeness (QED) is 0.0527. The van der Waals surface area contributed by atoms with Gasteiger partial charge in [-0.2, -0.15) is 0 Å². The molecule has 2 aliphatic rings. The summed E-state index contributed by atoms with van der Waals surface area (Å²) in [6.07, 6.45) is 3.26. The first-order valence-electron chi connectivity index (χ1n) is 18.3. The molecule has 7 N–H and O–H groups in total. The van der Waals surface area contributed by atoms with Crippen molar-refractivity contribution in [1.29, 1.82) is 0 Å². The Morgan fingerprint density at radius 3 is 2.66 bits per heavy atom. The van der Waals surface area contributed by atoms with Crippen LogP contribution in [0.25, 0.3) is 22.6 Å². The fourth-order valence-electron chi connectivity index (χ4n) is 6.39. The first-order valence-corrected chi connectivity index (χ1v) is 18.3. The van der Waals surface area contributed by atoms with Crippen LogP contribution in [0.5, 0.6) is 5.75 Å². The summed E-state index contributed by atoms with van der Waals surface area (Å²) in [5, 5.41) is 29.2. The van der Waals surface area contributed by atoms with Crippen molar-refractivity contribution in [2.75, 3.05) is 43.8 Å². The molecule has 56 heavy (non-hydrogen) atoms. The van der Waals surface area contributed by atoms with Gasteiger partial charge >= 0.3 is 0 Å². The molecule has 6 rings (SSSR count). The van der Waals surface area contributed by atoms with Crippen LogP contribution in [-0.2, 0) is 20.9 Å². The van der Waals surface area contributed by atoms with Gasteiger partial charge < -0.3 is 36.1 Å². The minimum Gasteiger partial charge on any atom is -0.490 e. The molecule has 19 heteroatoms. The average Bonchev–Trinajstić information content (AvgIpc) is 3.84. The van der Waals surface area contributed by atoms with Crippen LogP contribution in [0.3, 0.4) is 0 Å². The zero-order chi connectivity index (χ0) is 40.0. The van der Waals surface area contributed by atoms with Crippen molar-refractivity contribution in [3.05, 3.63) is 41.2 Å². The second kappa shape index (κ2) is 17.0. The molecule has 5 amide bonds. The van der Waals surface area contributed by atoms with E-state index in [0.717, 1.165) is 4.90 Å². The number of hydrogen-bond donors (Lipinski definition) is 6. The summed E-state index contributed by atoms with van der Waals surface area (Å²) in [5.41, 5.74) is 7.23. The molecule has 1 saturated heterocycles. The Balaban J connectivity index is 0.927. The number of aryl methyl sites for hydroxylation is 1. The number of benzene rings is 1. The van der Waals surface area contributed by atoms with Crippen LogP contribution in [0.15, 0.2) is 29.0 Å². The van der Waals surface area contributed by atoms with Gasteiger partial charge in [-0.05, 0) is 81.5 Å². The molecule has 19 nitrogen and oxygen atoms in total. The number of nitrogen functional groups attached to an aromatic ring is 1. The maximum Gasteiger partial charge on any atom is 0.264 e. The van der Waals surface area contributed by atoms with Crippen LogP contribution in [0.2, 0.25) is 0 Å². The van der Waals surface area contributed by atoms with Gasteiger partial charge in [-0.3, -0.25) is 34.2 Å². The van der Waals surface area contributed by atoms with Crippen LogP contribution in [0, 0.1) is 11.8 Å². The lowest BCUT2D eigenvalue weighted by atomic mass is 10.0. The number of carbonyl (C=O) groups is 5. The molecule has 4 aromatic rings. The smallest absolute Gasteiger partial charge is 0.264 e. The number of pyridine rings is 1. The van der Waals surface area contributed by atoms with E-state index < -0.39 is 35.3 Å². The number of nitrogens with zero attached hydrogens (tertiary/aromatic N) is 6. The molecule has 5 heterocycles. The number of imide groups is 2. The number of nitrogens with one attached hydrogen (secondary N) is 4. The Labute approximate surface area is 321 Å². The molecule has 1 fully saturated rings. The molecular weight excluding hydrogens is 726 g/mol. The van der Waals surface area contributed by atoms with Gasteiger partial charge in [0.15, 0.2) is 23.1 Å². The Hall–Kier alpha value is -6.39. The third kappa shape index (κ3) is 8.61. The van der Waals surface area contributed by atoms with E-state index in [-0.39, 0.29) is 47.9 Å². The van der Waals surface area contributed by atoms with Gasteiger partial charge in [0.2, 0.25) is 17.7 Å². The summed E-state index contributed by atoms with van der Waals surface area (Å²) >= 11 is 0. The minimum absolute atomic E-state index is 0.0385. The molecule has 1 atom stereocenters. The predicted octanol–water partition coefficient (Wildman–Crippen LogP) is 0.974. The molecule has 1 aromatic carbocycles. The van der Waals surface area contributed by atoms with Crippen LogP contribution in [0.1, 0.15) is 79.3 Å². The number of imidazole rings is 1. The largest absolute Gasteiger partial charge is 0.490 e. The molecule has 0 bridgehead atoms. The van der Waals surface area contributed by atoms with Crippen molar-refractivity contribution in [1.82, 2.24) is 45.7 Å². The summed E-state index contributed by atoms with van der Waals surface area (Å²) < 4.78 is 12.8. The number of rotatable bonds is 16. The number of carbonyl (C=O) groups excluding carboxylic acids is 5. The van der Waals surface area contributed by atoms with Gasteiger partial charge in [0.25, 0.3) is 11.8 Å². The number of nitrogens with two attached hydrogens (primary N) is 1. The van der Waals surface area contributed by atoms with Crippen molar-refractivity contribution in [3.63, 3.8) is 0 Å². The number of ether oxygens (including phenoxy) is 1. The second-order valence-electron chi connectivity index (χ2n) is 13.7. The molecule has 0 aliphatic carbocycles. The van der Waals surface area contributed by atoms with Gasteiger partial charge in [0, 0.05) is 38.2 Å². The van der Waals surface area contributed by atoms with Crippen molar-refractivity contribution in [2.24, 2.45) is 0 Å². The molecular formula is C37H43N11O8. The SMILES string of the molecule is CCn1c(-c2nonc2N)nc2c(C#CC(C)(C)O)ncc(OCCCNCCCC(=O)NCCNc3cccc4c3C(=O)N(C3CCC(=O)NC3=O)C4=O)c21. The normalized spacial score (nSPS) is 15.4. The van der Waals surface area contributed by atoms with E-state index in [1.165, 1.54) is 6.07 Å². The highest BCUT2D eigenvalue weighted by atomic mass is 16.6. The summed E-state index contributed by atoms with van der Waals surface area (Å²) in [6.45, 7) is 7.77. The summed E-state index contributed by atoms with van der Waals surface area (Å²) in [4.78, 5) is 72.8. The Morgan fingerprint density at radius 2 is 1.93 bits per heavy atom.